The van der Waals surface area contributed by atoms with Gasteiger partial charge >= 0.3 is 0 Å². The average molecular weight is 344 g/mol. The number of ketones is 1. The average Bonchev–Trinajstić information content (AvgIpc) is 3.31. The molecule has 0 atom stereocenters. The zero-order valence-corrected chi connectivity index (χ0v) is 13.7. The number of carbonyl (C=O) groups is 2. The van der Waals surface area contributed by atoms with Gasteiger partial charge in [0.2, 0.25) is 5.78 Å². The fourth-order valence-electron chi connectivity index (χ4n) is 2.82. The molecule has 8 heteroatoms. The van der Waals surface area contributed by atoms with E-state index in [2.05, 4.69) is 4.98 Å². The summed E-state index contributed by atoms with van der Waals surface area (Å²) in [7, 11) is 0. The zero-order valence-electron chi connectivity index (χ0n) is 12.9. The largest absolute Gasteiger partial charge is 0.461 e. The summed E-state index contributed by atoms with van der Waals surface area (Å²) in [4.78, 5) is 33.6. The first-order valence-electron chi connectivity index (χ1n) is 7.71. The Bertz CT molecular complexity index is 831. The first-order valence-corrected chi connectivity index (χ1v) is 8.59. The topological polar surface area (TPSA) is 71.1 Å². The van der Waals surface area contributed by atoms with Gasteiger partial charge in [-0.25, -0.2) is 4.98 Å². The lowest BCUT2D eigenvalue weighted by atomic mass is 10.2. The van der Waals surface area contributed by atoms with Gasteiger partial charge in [0.05, 0.1) is 12.8 Å². The Morgan fingerprint density at radius 3 is 2.79 bits per heavy atom. The van der Waals surface area contributed by atoms with Crippen LogP contribution in [-0.2, 0) is 0 Å². The van der Waals surface area contributed by atoms with Crippen LogP contribution in [0.25, 0.3) is 4.96 Å². The van der Waals surface area contributed by atoms with Crippen molar-refractivity contribution in [3.63, 3.8) is 0 Å². The summed E-state index contributed by atoms with van der Waals surface area (Å²) in [6.07, 6.45) is 5.16. The van der Waals surface area contributed by atoms with Gasteiger partial charge in [-0.2, -0.15) is 0 Å². The quantitative estimate of drug-likeness (QED) is 0.673. The Hall–Kier alpha value is -2.45. The van der Waals surface area contributed by atoms with E-state index in [1.54, 1.807) is 23.2 Å². The Balaban J connectivity index is 1.34. The number of nitrogens with zero attached hydrogens (tertiary/aromatic N) is 4. The molecule has 3 aromatic heterocycles. The van der Waals surface area contributed by atoms with Crippen molar-refractivity contribution in [2.45, 2.75) is 0 Å². The summed E-state index contributed by atoms with van der Waals surface area (Å²) in [6, 6.07) is 3.38. The highest BCUT2D eigenvalue weighted by molar-refractivity contribution is 7.15. The molecule has 1 aliphatic rings. The number of piperazine rings is 1. The van der Waals surface area contributed by atoms with E-state index in [1.165, 1.54) is 17.6 Å². The summed E-state index contributed by atoms with van der Waals surface area (Å²) in [5, 5.41) is 1.94. The molecule has 0 bridgehead atoms. The van der Waals surface area contributed by atoms with Crippen LogP contribution >= 0.6 is 11.3 Å². The molecule has 0 spiro atoms. The van der Waals surface area contributed by atoms with Crippen molar-refractivity contribution in [1.82, 2.24) is 19.2 Å². The minimum absolute atomic E-state index is 0.0332. The second kappa shape index (κ2) is 6.21. The maximum atomic E-state index is 12.5. The Kier molecular flexibility index (Phi) is 3.91. The molecule has 24 heavy (non-hydrogen) atoms. The van der Waals surface area contributed by atoms with Crippen molar-refractivity contribution in [2.75, 3.05) is 32.7 Å². The molecule has 1 amide bonds. The molecule has 0 N–H and O–H groups in total. The minimum atomic E-state index is -0.0529. The normalized spacial score (nSPS) is 15.9. The highest BCUT2D eigenvalue weighted by Crippen LogP contribution is 2.14. The third kappa shape index (κ3) is 2.85. The van der Waals surface area contributed by atoms with Crippen molar-refractivity contribution in [2.24, 2.45) is 0 Å². The molecule has 1 aliphatic heterocycles. The number of hydrogen-bond acceptors (Lipinski definition) is 6. The Morgan fingerprint density at radius 2 is 2.08 bits per heavy atom. The SMILES string of the molecule is O=C(CN1CCN(C(=O)c2cn3ccsc3n2)CC1)c1ccco1. The van der Waals surface area contributed by atoms with Crippen LogP contribution in [0, 0.1) is 0 Å². The van der Waals surface area contributed by atoms with Gasteiger partial charge in [0.1, 0.15) is 5.69 Å². The number of furan rings is 1. The van der Waals surface area contributed by atoms with Gasteiger partial charge in [0.25, 0.3) is 5.91 Å². The molecule has 1 saturated heterocycles. The second-order valence-corrected chi connectivity index (χ2v) is 6.56. The lowest BCUT2D eigenvalue weighted by molar-refractivity contribution is 0.0616. The fourth-order valence-corrected chi connectivity index (χ4v) is 3.52. The fraction of sp³-hybridized carbons (Fsp3) is 0.312. The van der Waals surface area contributed by atoms with E-state index in [4.69, 9.17) is 4.42 Å². The summed E-state index contributed by atoms with van der Waals surface area (Å²) in [5.74, 6) is 0.295. The Labute approximate surface area is 142 Å². The first kappa shape index (κ1) is 15.1. The number of imidazole rings is 1. The Morgan fingerprint density at radius 1 is 1.25 bits per heavy atom. The molecular weight excluding hydrogens is 328 g/mol. The monoisotopic (exact) mass is 344 g/mol. The van der Waals surface area contributed by atoms with E-state index in [0.29, 0.717) is 44.2 Å². The van der Waals surface area contributed by atoms with Crippen molar-refractivity contribution in [3.05, 3.63) is 47.6 Å². The minimum Gasteiger partial charge on any atom is -0.461 e. The maximum Gasteiger partial charge on any atom is 0.274 e. The van der Waals surface area contributed by atoms with Crippen LogP contribution in [0.3, 0.4) is 0 Å². The number of hydrogen-bond donors (Lipinski definition) is 0. The molecule has 0 aliphatic carbocycles. The van der Waals surface area contributed by atoms with Crippen LogP contribution in [0.4, 0.5) is 0 Å². The molecule has 0 radical (unpaired) electrons. The molecule has 4 heterocycles. The van der Waals surface area contributed by atoms with E-state index >= 15 is 0 Å². The van der Waals surface area contributed by atoms with Crippen LogP contribution in [-0.4, -0.2) is 63.6 Å². The van der Waals surface area contributed by atoms with Crippen LogP contribution in [0.15, 0.2) is 40.6 Å². The summed E-state index contributed by atoms with van der Waals surface area (Å²) < 4.78 is 6.98. The molecule has 0 unspecified atom stereocenters. The number of Topliss-reactive ketones (excluding diaryl/α,β-unsaturated/α-hetero) is 1. The molecule has 1 fully saturated rings. The molecule has 124 valence electrons. The van der Waals surface area contributed by atoms with Gasteiger partial charge in [-0.05, 0) is 12.1 Å². The molecule has 0 saturated carbocycles. The van der Waals surface area contributed by atoms with E-state index in [-0.39, 0.29) is 11.7 Å². The van der Waals surface area contributed by atoms with Gasteiger partial charge in [-0.3, -0.25) is 18.9 Å². The highest BCUT2D eigenvalue weighted by Gasteiger charge is 2.25. The van der Waals surface area contributed by atoms with E-state index < -0.39 is 0 Å². The number of aromatic nitrogens is 2. The summed E-state index contributed by atoms with van der Waals surface area (Å²) >= 11 is 1.50. The van der Waals surface area contributed by atoms with Crippen molar-refractivity contribution in [3.8, 4) is 0 Å². The smallest absolute Gasteiger partial charge is 0.274 e. The number of amides is 1. The summed E-state index contributed by atoms with van der Waals surface area (Å²) in [6.45, 7) is 2.83. The molecule has 3 aromatic rings. The zero-order chi connectivity index (χ0) is 16.5. The van der Waals surface area contributed by atoms with Crippen molar-refractivity contribution < 1.29 is 14.0 Å². The third-order valence-corrected chi connectivity index (χ3v) is 4.91. The maximum absolute atomic E-state index is 12.5. The number of fused-ring (bicyclic) bond motifs is 1. The molecule has 4 rings (SSSR count). The highest BCUT2D eigenvalue weighted by atomic mass is 32.1. The molecule has 0 aromatic carbocycles. The van der Waals surface area contributed by atoms with Crippen LogP contribution in [0.5, 0.6) is 0 Å². The van der Waals surface area contributed by atoms with Gasteiger partial charge in [-0.1, -0.05) is 0 Å². The van der Waals surface area contributed by atoms with Crippen molar-refractivity contribution >= 4 is 28.0 Å². The number of rotatable bonds is 4. The predicted octanol–water partition coefficient (Wildman–Crippen LogP) is 1.63. The first-order chi connectivity index (χ1) is 11.7. The van der Waals surface area contributed by atoms with Gasteiger partial charge in [0.15, 0.2) is 10.7 Å². The van der Waals surface area contributed by atoms with Crippen LogP contribution < -0.4 is 0 Å². The van der Waals surface area contributed by atoms with Gasteiger partial charge < -0.3 is 9.32 Å². The molecule has 7 nitrogen and oxygen atoms in total. The van der Waals surface area contributed by atoms with E-state index in [9.17, 15) is 9.59 Å². The van der Waals surface area contributed by atoms with Gasteiger partial charge in [0, 0.05) is 44.0 Å². The van der Waals surface area contributed by atoms with Crippen LogP contribution in [0.1, 0.15) is 21.0 Å². The number of thiazole rings is 1. The molecular formula is C16H16N4O3S. The summed E-state index contributed by atoms with van der Waals surface area (Å²) in [5.41, 5.74) is 0.474. The number of carbonyl (C=O) groups excluding carboxylic acids is 2. The van der Waals surface area contributed by atoms with Crippen LogP contribution in [0.2, 0.25) is 0 Å². The third-order valence-electron chi connectivity index (χ3n) is 4.14. The van der Waals surface area contributed by atoms with E-state index in [1.807, 2.05) is 20.9 Å². The predicted molar refractivity (Wildman–Crippen MR) is 88.5 cm³/mol. The lowest BCUT2D eigenvalue weighted by Gasteiger charge is -2.33. The second-order valence-electron chi connectivity index (χ2n) is 5.69. The van der Waals surface area contributed by atoms with Gasteiger partial charge in [-0.15, -0.1) is 11.3 Å². The lowest BCUT2D eigenvalue weighted by Crippen LogP contribution is -2.50. The standard InChI is InChI=1S/C16H16N4O3S/c21-13(14-2-1-8-23-14)11-18-3-5-19(6-4-18)15(22)12-10-20-7-9-24-16(20)17-12/h1-2,7-10H,3-6,11H2. The van der Waals surface area contributed by atoms with Crippen molar-refractivity contribution in [1.29, 1.82) is 0 Å². The van der Waals surface area contributed by atoms with E-state index in [0.717, 1.165) is 4.96 Å².